The van der Waals surface area contributed by atoms with Crippen molar-refractivity contribution in [3.05, 3.63) is 0 Å². The van der Waals surface area contributed by atoms with Crippen molar-refractivity contribution >= 4 is 39.5 Å². The van der Waals surface area contributed by atoms with Crippen molar-refractivity contribution in [2.24, 2.45) is 5.92 Å². The highest BCUT2D eigenvalue weighted by molar-refractivity contribution is 7.47. The fraction of sp³-hybridized carbons (Fsp3) is 0.950. The third-order valence-electron chi connectivity index (χ3n) is 19.1. The molecule has 0 amide bonds. The van der Waals surface area contributed by atoms with Gasteiger partial charge in [-0.1, -0.05) is 375 Å². The van der Waals surface area contributed by atoms with Gasteiger partial charge in [0.25, 0.3) is 0 Å². The number of hydrogen-bond donors (Lipinski definition) is 3. The summed E-state index contributed by atoms with van der Waals surface area (Å²) in [6, 6.07) is 0. The standard InChI is InChI=1S/C80H156O17P2/c1-6-10-13-16-19-22-25-28-30-32-34-36-39-41-44-47-53-58-63-77(82)90-69-75(96-79(84)66-61-56-49-46-43-40-37-35-33-31-29-26-23-20-17-14-11-7-2)71-94-98(86,87)92-67-74(81)68-93-99(88,89)95-72-76(70-91-78(83)64-59-54-51-50-52-57-62-73(5)9-4)97-80(85)65-60-55-48-45-42-38-27-24-21-18-15-12-8-3/h73-76,81H,6-72H2,1-5H3,(H,86,87)(H,88,89)/t73?,74-,75-,76-/m1/s1. The molecule has 3 N–H and O–H groups in total. The van der Waals surface area contributed by atoms with E-state index in [0.29, 0.717) is 25.7 Å². The van der Waals surface area contributed by atoms with Crippen LogP contribution in [0.4, 0.5) is 0 Å². The number of carbonyl (C=O) groups excluding carboxylic acids is 4. The van der Waals surface area contributed by atoms with E-state index in [2.05, 4.69) is 34.6 Å². The summed E-state index contributed by atoms with van der Waals surface area (Å²) < 4.78 is 68.7. The Morgan fingerprint density at radius 2 is 0.485 bits per heavy atom. The molecule has 17 nitrogen and oxygen atoms in total. The van der Waals surface area contributed by atoms with Gasteiger partial charge in [-0.2, -0.15) is 0 Å². The summed E-state index contributed by atoms with van der Waals surface area (Å²) in [4.78, 5) is 73.0. The lowest BCUT2D eigenvalue weighted by Gasteiger charge is -2.21. The molecule has 588 valence electrons. The lowest BCUT2D eigenvalue weighted by molar-refractivity contribution is -0.161. The van der Waals surface area contributed by atoms with E-state index in [1.165, 1.54) is 244 Å². The first-order valence-corrected chi connectivity index (χ1v) is 44.7. The predicted octanol–water partition coefficient (Wildman–Crippen LogP) is 24.0. The molecule has 0 heterocycles. The Bertz CT molecular complexity index is 1890. The zero-order valence-electron chi connectivity index (χ0n) is 64.6. The molecule has 0 saturated carbocycles. The molecule has 0 aliphatic rings. The van der Waals surface area contributed by atoms with E-state index in [0.717, 1.165) is 102 Å². The van der Waals surface area contributed by atoms with E-state index in [-0.39, 0.29) is 25.7 Å². The molecule has 0 aliphatic heterocycles. The van der Waals surface area contributed by atoms with Gasteiger partial charge in [-0.05, 0) is 31.6 Å². The Morgan fingerprint density at radius 3 is 0.717 bits per heavy atom. The molecule has 19 heteroatoms. The minimum absolute atomic E-state index is 0.107. The Kier molecular flexibility index (Phi) is 71.6. The van der Waals surface area contributed by atoms with Crippen LogP contribution in [-0.4, -0.2) is 96.7 Å². The number of ether oxygens (including phenoxy) is 4. The van der Waals surface area contributed by atoms with Crippen LogP contribution in [0.5, 0.6) is 0 Å². The number of aliphatic hydroxyl groups excluding tert-OH is 1. The molecule has 3 unspecified atom stereocenters. The van der Waals surface area contributed by atoms with E-state index in [1.807, 2.05) is 0 Å². The molecule has 6 atom stereocenters. The largest absolute Gasteiger partial charge is 0.472 e. The second-order valence-corrected chi connectivity index (χ2v) is 32.0. The Balaban J connectivity index is 5.23. The zero-order chi connectivity index (χ0) is 72.7. The molecule has 0 bridgehead atoms. The van der Waals surface area contributed by atoms with Crippen molar-refractivity contribution in [1.82, 2.24) is 0 Å². The van der Waals surface area contributed by atoms with Crippen LogP contribution in [0.25, 0.3) is 0 Å². The van der Waals surface area contributed by atoms with Gasteiger partial charge in [0.2, 0.25) is 0 Å². The SMILES string of the molecule is CCCCCCCCCCCCCCCCCCCCC(=O)OC[C@H](COP(=O)(O)OC[C@@H](O)COP(=O)(O)OC[C@@H](COC(=O)CCCCCCCCC(C)CC)OC(=O)CCCCCCCCCCCCCCC)OC(=O)CCCCCCCCCCCCCCCCCCCC. The quantitative estimate of drug-likeness (QED) is 0.0222. The molecule has 0 rings (SSSR count). The topological polar surface area (TPSA) is 237 Å². The van der Waals surface area contributed by atoms with Crippen LogP contribution in [0, 0.1) is 5.92 Å². The average Bonchev–Trinajstić information content (AvgIpc) is 1.04. The number of unbranched alkanes of at least 4 members (excludes halogenated alkanes) is 51. The number of hydrogen-bond acceptors (Lipinski definition) is 15. The van der Waals surface area contributed by atoms with Crippen molar-refractivity contribution in [2.45, 2.75) is 445 Å². The van der Waals surface area contributed by atoms with Gasteiger partial charge in [-0.15, -0.1) is 0 Å². The van der Waals surface area contributed by atoms with Gasteiger partial charge < -0.3 is 33.8 Å². The zero-order valence-corrected chi connectivity index (χ0v) is 66.4. The van der Waals surface area contributed by atoms with Gasteiger partial charge in [-0.25, -0.2) is 9.13 Å². The van der Waals surface area contributed by atoms with Crippen LogP contribution in [0.2, 0.25) is 0 Å². The molecule has 0 saturated heterocycles. The van der Waals surface area contributed by atoms with Crippen molar-refractivity contribution in [2.75, 3.05) is 39.6 Å². The van der Waals surface area contributed by atoms with Crippen molar-refractivity contribution in [1.29, 1.82) is 0 Å². The first-order valence-electron chi connectivity index (χ1n) is 41.7. The fourth-order valence-corrected chi connectivity index (χ4v) is 14.0. The Labute approximate surface area is 607 Å². The molecule has 0 aromatic carbocycles. The molecule has 0 fully saturated rings. The first-order chi connectivity index (χ1) is 48.1. The van der Waals surface area contributed by atoms with Gasteiger partial charge in [0.15, 0.2) is 12.2 Å². The van der Waals surface area contributed by atoms with E-state index < -0.39 is 97.5 Å². The maximum Gasteiger partial charge on any atom is 0.472 e. The molecular formula is C80H156O17P2. The summed E-state index contributed by atoms with van der Waals surface area (Å²) in [5, 5.41) is 10.6. The number of phosphoric acid groups is 2. The third kappa shape index (κ3) is 72.8. The second-order valence-electron chi connectivity index (χ2n) is 29.1. The maximum atomic E-state index is 13.1. The minimum Gasteiger partial charge on any atom is -0.462 e. The lowest BCUT2D eigenvalue weighted by Crippen LogP contribution is -2.30. The van der Waals surface area contributed by atoms with Gasteiger partial charge in [-0.3, -0.25) is 37.3 Å². The summed E-state index contributed by atoms with van der Waals surface area (Å²) in [7, 11) is -9.92. The Hall–Kier alpha value is -1.94. The van der Waals surface area contributed by atoms with E-state index in [9.17, 15) is 43.2 Å². The highest BCUT2D eigenvalue weighted by Gasteiger charge is 2.30. The van der Waals surface area contributed by atoms with Crippen LogP contribution in [-0.2, 0) is 65.4 Å². The van der Waals surface area contributed by atoms with Crippen LogP contribution < -0.4 is 0 Å². The summed E-state index contributed by atoms with van der Waals surface area (Å²) in [5.41, 5.74) is 0. The van der Waals surface area contributed by atoms with Crippen molar-refractivity contribution < 1.29 is 80.2 Å². The molecular weight excluding hydrogens is 1290 g/mol. The van der Waals surface area contributed by atoms with E-state index in [4.69, 9.17) is 37.0 Å². The van der Waals surface area contributed by atoms with Crippen molar-refractivity contribution in [3.8, 4) is 0 Å². The fourth-order valence-electron chi connectivity index (χ4n) is 12.4. The van der Waals surface area contributed by atoms with Crippen LogP contribution in [0.15, 0.2) is 0 Å². The third-order valence-corrected chi connectivity index (χ3v) is 21.0. The normalized spacial score (nSPS) is 14.1. The summed E-state index contributed by atoms with van der Waals surface area (Å²) in [5.74, 6) is -1.38. The molecule has 0 radical (unpaired) electrons. The lowest BCUT2D eigenvalue weighted by atomic mass is 10.00. The molecule has 0 aromatic rings. The van der Waals surface area contributed by atoms with Crippen LogP contribution in [0.3, 0.4) is 0 Å². The average molecular weight is 1450 g/mol. The molecule has 0 aliphatic carbocycles. The highest BCUT2D eigenvalue weighted by Crippen LogP contribution is 2.45. The minimum atomic E-state index is -4.96. The Morgan fingerprint density at radius 1 is 0.283 bits per heavy atom. The number of phosphoric ester groups is 2. The summed E-state index contributed by atoms with van der Waals surface area (Å²) in [6.45, 7) is 7.29. The van der Waals surface area contributed by atoms with Crippen LogP contribution >= 0.6 is 15.6 Å². The number of esters is 4. The number of aliphatic hydroxyl groups is 1. The monoisotopic (exact) mass is 1450 g/mol. The smallest absolute Gasteiger partial charge is 0.462 e. The molecule has 99 heavy (non-hydrogen) atoms. The molecule has 0 spiro atoms. The van der Waals surface area contributed by atoms with Gasteiger partial charge in [0, 0.05) is 25.7 Å². The highest BCUT2D eigenvalue weighted by atomic mass is 31.2. The summed E-state index contributed by atoms with van der Waals surface area (Å²) >= 11 is 0. The van der Waals surface area contributed by atoms with Crippen LogP contribution in [0.1, 0.15) is 426 Å². The molecule has 0 aromatic heterocycles. The van der Waals surface area contributed by atoms with Gasteiger partial charge >= 0.3 is 39.5 Å². The van der Waals surface area contributed by atoms with E-state index in [1.54, 1.807) is 0 Å². The summed E-state index contributed by atoms with van der Waals surface area (Å²) in [6.07, 6.45) is 63.8. The predicted molar refractivity (Wildman–Crippen MR) is 405 cm³/mol. The van der Waals surface area contributed by atoms with Gasteiger partial charge in [0.1, 0.15) is 19.3 Å². The van der Waals surface area contributed by atoms with Gasteiger partial charge in [0.05, 0.1) is 26.4 Å². The second kappa shape index (κ2) is 73.0. The number of carbonyl (C=O) groups is 4. The van der Waals surface area contributed by atoms with Crippen molar-refractivity contribution in [3.63, 3.8) is 0 Å². The maximum absolute atomic E-state index is 13.1. The first kappa shape index (κ1) is 97.1. The van der Waals surface area contributed by atoms with E-state index >= 15 is 0 Å². The number of rotatable bonds is 80.